The van der Waals surface area contributed by atoms with Crippen LogP contribution in [0.2, 0.25) is 0 Å². The Balaban J connectivity index is 1.43. The number of benzene rings is 1. The Labute approximate surface area is 154 Å². The van der Waals surface area contributed by atoms with Crippen LogP contribution in [0.15, 0.2) is 51.2 Å². The zero-order chi connectivity index (χ0) is 17.2. The molecule has 1 aromatic carbocycles. The lowest BCUT2D eigenvalue weighted by molar-refractivity contribution is 0.0565. The highest BCUT2D eigenvalue weighted by molar-refractivity contribution is 7.99. The minimum atomic E-state index is 0.0748. The van der Waals surface area contributed by atoms with Crippen molar-refractivity contribution >= 4 is 29.0 Å². The average Bonchev–Trinajstić information content (AvgIpc) is 3.25. The van der Waals surface area contributed by atoms with Crippen LogP contribution in [0, 0.1) is 0 Å². The summed E-state index contributed by atoms with van der Waals surface area (Å²) < 4.78 is 5.39. The molecule has 2 aromatic heterocycles. The molecule has 0 bridgehead atoms. The fraction of sp³-hybridized carbons (Fsp3) is 0.278. The molecule has 0 spiro atoms. The summed E-state index contributed by atoms with van der Waals surface area (Å²) in [6.45, 7) is 3.33. The van der Waals surface area contributed by atoms with E-state index in [1.54, 1.807) is 23.1 Å². The molecule has 0 unspecified atom stereocenters. The molecule has 1 aliphatic rings. The van der Waals surface area contributed by atoms with Gasteiger partial charge in [0.05, 0.1) is 16.4 Å². The van der Waals surface area contributed by atoms with E-state index in [4.69, 9.17) is 4.52 Å². The van der Waals surface area contributed by atoms with E-state index < -0.39 is 0 Å². The largest absolute Gasteiger partial charge is 0.339 e. The Kier molecular flexibility index (Phi) is 4.59. The number of thioether (sulfide) groups is 1. The first kappa shape index (κ1) is 16.4. The van der Waals surface area contributed by atoms with Gasteiger partial charge in [-0.25, -0.2) is 0 Å². The SMILES string of the molecule is CCSc1ccccc1C(=O)N1CC(c2nc(-c3cccs3)no2)C1. The van der Waals surface area contributed by atoms with Gasteiger partial charge in [0, 0.05) is 18.0 Å². The molecule has 0 atom stereocenters. The van der Waals surface area contributed by atoms with Crippen molar-refractivity contribution in [2.24, 2.45) is 0 Å². The van der Waals surface area contributed by atoms with Crippen molar-refractivity contribution in [3.8, 4) is 10.7 Å². The molecule has 25 heavy (non-hydrogen) atoms. The summed E-state index contributed by atoms with van der Waals surface area (Å²) in [4.78, 5) is 21.1. The van der Waals surface area contributed by atoms with Gasteiger partial charge in [-0.2, -0.15) is 4.98 Å². The molecule has 3 aromatic rings. The average molecular weight is 371 g/mol. The molecular formula is C18H17N3O2S2. The first-order valence-corrected chi connectivity index (χ1v) is 10.0. The molecule has 0 aliphatic carbocycles. The summed E-state index contributed by atoms with van der Waals surface area (Å²) >= 11 is 3.28. The van der Waals surface area contributed by atoms with Gasteiger partial charge in [-0.1, -0.05) is 30.3 Å². The Hall–Kier alpha value is -2.12. The van der Waals surface area contributed by atoms with Crippen LogP contribution in [0.5, 0.6) is 0 Å². The molecule has 4 rings (SSSR count). The minimum absolute atomic E-state index is 0.0748. The molecular weight excluding hydrogens is 354 g/mol. The van der Waals surface area contributed by atoms with Crippen LogP contribution in [-0.2, 0) is 0 Å². The zero-order valence-electron chi connectivity index (χ0n) is 13.7. The van der Waals surface area contributed by atoms with Crippen LogP contribution < -0.4 is 0 Å². The topological polar surface area (TPSA) is 59.2 Å². The second-order valence-corrected chi connectivity index (χ2v) is 8.02. The van der Waals surface area contributed by atoms with E-state index in [1.807, 2.05) is 46.7 Å². The number of hydrogen-bond acceptors (Lipinski definition) is 6. The smallest absolute Gasteiger partial charge is 0.255 e. The Morgan fingerprint density at radius 3 is 2.92 bits per heavy atom. The predicted octanol–water partition coefficient (Wildman–Crippen LogP) is 4.15. The van der Waals surface area contributed by atoms with Crippen molar-refractivity contribution in [1.82, 2.24) is 15.0 Å². The number of rotatable bonds is 5. The minimum Gasteiger partial charge on any atom is -0.339 e. The summed E-state index contributed by atoms with van der Waals surface area (Å²) in [6.07, 6.45) is 0. The molecule has 0 radical (unpaired) electrons. The lowest BCUT2D eigenvalue weighted by atomic mass is 9.99. The lowest BCUT2D eigenvalue weighted by Crippen LogP contribution is -2.48. The van der Waals surface area contributed by atoms with Crippen LogP contribution >= 0.6 is 23.1 Å². The third-order valence-corrected chi connectivity index (χ3v) is 5.94. The first-order chi connectivity index (χ1) is 12.3. The van der Waals surface area contributed by atoms with Gasteiger partial charge in [0.2, 0.25) is 11.7 Å². The molecule has 1 amide bonds. The molecule has 7 heteroatoms. The molecule has 1 fully saturated rings. The zero-order valence-corrected chi connectivity index (χ0v) is 15.3. The Bertz CT molecular complexity index is 870. The van der Waals surface area contributed by atoms with Gasteiger partial charge in [-0.3, -0.25) is 4.79 Å². The van der Waals surface area contributed by atoms with E-state index in [9.17, 15) is 4.79 Å². The van der Waals surface area contributed by atoms with E-state index in [-0.39, 0.29) is 11.8 Å². The van der Waals surface area contributed by atoms with Gasteiger partial charge in [-0.05, 0) is 29.3 Å². The van der Waals surface area contributed by atoms with Crippen molar-refractivity contribution in [2.45, 2.75) is 17.7 Å². The lowest BCUT2D eigenvalue weighted by Gasteiger charge is -2.37. The first-order valence-electron chi connectivity index (χ1n) is 8.15. The van der Waals surface area contributed by atoms with Gasteiger partial charge in [-0.15, -0.1) is 23.1 Å². The summed E-state index contributed by atoms with van der Waals surface area (Å²) in [5, 5.41) is 6.03. The third-order valence-electron chi connectivity index (χ3n) is 4.12. The fourth-order valence-corrected chi connectivity index (χ4v) is 4.25. The van der Waals surface area contributed by atoms with Gasteiger partial charge in [0.15, 0.2) is 0 Å². The van der Waals surface area contributed by atoms with Crippen molar-refractivity contribution in [2.75, 3.05) is 18.8 Å². The summed E-state index contributed by atoms with van der Waals surface area (Å²) in [5.41, 5.74) is 0.776. The van der Waals surface area contributed by atoms with Gasteiger partial charge >= 0.3 is 0 Å². The monoisotopic (exact) mass is 371 g/mol. The summed E-state index contributed by atoms with van der Waals surface area (Å²) in [6, 6.07) is 11.7. The number of carbonyl (C=O) groups excluding carboxylic acids is 1. The second-order valence-electron chi connectivity index (χ2n) is 5.77. The quantitative estimate of drug-likeness (QED) is 0.631. The number of thiophene rings is 1. The maximum absolute atomic E-state index is 12.7. The van der Waals surface area contributed by atoms with Crippen LogP contribution in [0.3, 0.4) is 0 Å². The van der Waals surface area contributed by atoms with Gasteiger partial charge in [0.1, 0.15) is 0 Å². The molecule has 128 valence electrons. The van der Waals surface area contributed by atoms with Crippen molar-refractivity contribution in [3.63, 3.8) is 0 Å². The van der Waals surface area contributed by atoms with Crippen molar-refractivity contribution in [3.05, 3.63) is 53.2 Å². The van der Waals surface area contributed by atoms with Crippen molar-refractivity contribution < 1.29 is 9.32 Å². The number of carbonyl (C=O) groups is 1. The highest BCUT2D eigenvalue weighted by Crippen LogP contribution is 2.31. The highest BCUT2D eigenvalue weighted by atomic mass is 32.2. The number of likely N-dealkylation sites (tertiary alicyclic amines) is 1. The fourth-order valence-electron chi connectivity index (χ4n) is 2.80. The van der Waals surface area contributed by atoms with E-state index in [0.29, 0.717) is 24.8 Å². The molecule has 5 nitrogen and oxygen atoms in total. The molecule has 1 saturated heterocycles. The predicted molar refractivity (Wildman–Crippen MR) is 99.1 cm³/mol. The normalized spacial score (nSPS) is 14.5. The number of aromatic nitrogens is 2. The Morgan fingerprint density at radius 1 is 1.32 bits per heavy atom. The molecule has 0 saturated carbocycles. The number of nitrogens with zero attached hydrogens (tertiary/aromatic N) is 3. The summed E-state index contributed by atoms with van der Waals surface area (Å²) in [5.74, 6) is 2.38. The van der Waals surface area contributed by atoms with Gasteiger partial charge in [0.25, 0.3) is 5.91 Å². The maximum atomic E-state index is 12.7. The van der Waals surface area contributed by atoms with Crippen LogP contribution in [0.25, 0.3) is 10.7 Å². The molecule has 3 heterocycles. The standard InChI is InChI=1S/C18H17N3O2S2/c1-2-24-14-7-4-3-6-13(14)18(22)21-10-12(11-21)17-19-16(20-23-17)15-8-5-9-25-15/h3-9,12H,2,10-11H2,1H3. The van der Waals surface area contributed by atoms with E-state index in [1.165, 1.54) is 0 Å². The van der Waals surface area contributed by atoms with Crippen LogP contribution in [-0.4, -0.2) is 39.8 Å². The number of amides is 1. The Morgan fingerprint density at radius 2 is 2.16 bits per heavy atom. The highest BCUT2D eigenvalue weighted by Gasteiger charge is 2.36. The second kappa shape index (κ2) is 7.01. The van der Waals surface area contributed by atoms with Crippen molar-refractivity contribution in [1.29, 1.82) is 0 Å². The van der Waals surface area contributed by atoms with Crippen LogP contribution in [0.1, 0.15) is 29.1 Å². The number of hydrogen-bond donors (Lipinski definition) is 0. The molecule has 1 aliphatic heterocycles. The molecule has 0 N–H and O–H groups in total. The third kappa shape index (κ3) is 3.21. The van der Waals surface area contributed by atoms with E-state index in [0.717, 1.165) is 21.1 Å². The summed E-state index contributed by atoms with van der Waals surface area (Å²) in [7, 11) is 0. The van der Waals surface area contributed by atoms with Crippen LogP contribution in [0.4, 0.5) is 0 Å². The maximum Gasteiger partial charge on any atom is 0.255 e. The van der Waals surface area contributed by atoms with E-state index >= 15 is 0 Å². The van der Waals surface area contributed by atoms with Gasteiger partial charge < -0.3 is 9.42 Å². The van der Waals surface area contributed by atoms with E-state index in [2.05, 4.69) is 17.1 Å².